The molecule has 0 spiro atoms. The van der Waals surface area contributed by atoms with Crippen molar-refractivity contribution in [1.29, 1.82) is 0 Å². The minimum atomic E-state index is -0.371. The summed E-state index contributed by atoms with van der Waals surface area (Å²) in [5, 5.41) is 0. The quantitative estimate of drug-likeness (QED) is 0.678. The molecule has 0 unspecified atom stereocenters. The van der Waals surface area contributed by atoms with Gasteiger partial charge in [-0.25, -0.2) is 0 Å². The molecule has 0 heterocycles. The molecule has 0 aliphatic carbocycles. The van der Waals surface area contributed by atoms with Crippen molar-refractivity contribution in [3.63, 3.8) is 0 Å². The molecular formula is CH4BrNPb. The van der Waals surface area contributed by atoms with Gasteiger partial charge in [-0.1, -0.05) is 0 Å². The third kappa shape index (κ3) is 3.36. The fourth-order valence-electron chi connectivity index (χ4n) is 0. The summed E-state index contributed by atoms with van der Waals surface area (Å²) < 4.78 is 3.04. The summed E-state index contributed by atoms with van der Waals surface area (Å²) in [4.78, 5) is 0. The Morgan fingerprint density at radius 1 is 2.00 bits per heavy atom. The fraction of sp³-hybridized carbons (Fsp3) is 1.00. The molecule has 3 heteroatoms. The van der Waals surface area contributed by atoms with E-state index in [0.717, 1.165) is 0 Å². The van der Waals surface area contributed by atoms with E-state index in [4.69, 9.17) is 0 Å². The molecule has 0 fully saturated rings. The predicted molar refractivity (Wildman–Crippen MR) is 23.7 cm³/mol. The number of halogens is 1. The van der Waals surface area contributed by atoms with Crippen LogP contribution < -0.4 is 3.13 Å². The molecule has 0 aromatic carbocycles. The third-order valence-electron chi connectivity index (χ3n) is 0.0945. The Bertz CT molecular complexity index is 10.0. The van der Waals surface area contributed by atoms with Crippen LogP contribution in [0.5, 0.6) is 0 Å². The Labute approximate surface area is 44.1 Å². The molecule has 0 aliphatic rings. The number of rotatable bonds is 1. The fourth-order valence-corrected chi connectivity index (χ4v) is 0. The van der Waals surface area contributed by atoms with Gasteiger partial charge in [0.15, 0.2) is 0 Å². The molecule has 0 aromatic rings. The monoisotopic (exact) mass is 317 g/mol. The van der Waals surface area contributed by atoms with E-state index < -0.39 is 0 Å². The van der Waals surface area contributed by atoms with Gasteiger partial charge < -0.3 is 0 Å². The van der Waals surface area contributed by atoms with Gasteiger partial charge in [-0.2, -0.15) is 0 Å². The van der Waals surface area contributed by atoms with Crippen molar-refractivity contribution in [2.24, 2.45) is 0 Å². The van der Waals surface area contributed by atoms with Crippen LogP contribution >= 0.6 is 12.0 Å². The number of hydrogen-bond acceptors (Lipinski definition) is 1. The van der Waals surface area contributed by atoms with Crippen molar-refractivity contribution in [2.75, 3.05) is 7.05 Å². The van der Waals surface area contributed by atoms with Crippen molar-refractivity contribution in [3.8, 4) is 0 Å². The SMILES string of the molecule is C[NH][Pb][Br]. The Morgan fingerprint density at radius 3 is 2.25 bits per heavy atom. The van der Waals surface area contributed by atoms with E-state index in [2.05, 4.69) is 15.1 Å². The summed E-state index contributed by atoms with van der Waals surface area (Å²) in [6.45, 7) is 0. The number of nitrogens with one attached hydrogen (secondary N) is 1. The Morgan fingerprint density at radius 2 is 2.25 bits per heavy atom. The van der Waals surface area contributed by atoms with Gasteiger partial charge in [-0.15, -0.1) is 0 Å². The van der Waals surface area contributed by atoms with Crippen LogP contribution in [0, 0.1) is 0 Å². The van der Waals surface area contributed by atoms with Crippen molar-refractivity contribution < 1.29 is 0 Å². The Hall–Kier alpha value is 1.36. The topological polar surface area (TPSA) is 12.0 Å². The van der Waals surface area contributed by atoms with E-state index in [1.54, 1.807) is 0 Å². The van der Waals surface area contributed by atoms with Crippen LogP contribution in [0.4, 0.5) is 0 Å². The maximum absolute atomic E-state index is 3.33. The second-order valence-electron chi connectivity index (χ2n) is 0.344. The molecule has 0 aliphatic heterocycles. The summed E-state index contributed by atoms with van der Waals surface area (Å²) in [6.07, 6.45) is 0. The molecule has 0 atom stereocenters. The molecule has 24 valence electrons. The summed E-state index contributed by atoms with van der Waals surface area (Å²) in [6, 6.07) is 0. The van der Waals surface area contributed by atoms with Crippen LogP contribution in [0.1, 0.15) is 0 Å². The standard InChI is InChI=1S/CH4N.BrH.Pb/c1-2;;/h2H,1H3;1H;/q-1;;+2/p-1. The van der Waals surface area contributed by atoms with Crippen LogP contribution in [0.2, 0.25) is 0 Å². The number of hydrogen-bond donors (Lipinski definition) is 1. The Kier molecular flexibility index (Phi) is 5.85. The van der Waals surface area contributed by atoms with Gasteiger partial charge in [0, 0.05) is 0 Å². The van der Waals surface area contributed by atoms with E-state index in [-0.39, 0.29) is 22.1 Å². The molecule has 0 amide bonds. The van der Waals surface area contributed by atoms with Crippen LogP contribution in [0.3, 0.4) is 0 Å². The first-order chi connectivity index (χ1) is 1.91. The average molecular weight is 317 g/mol. The zero-order valence-electron chi connectivity index (χ0n) is 2.38. The maximum atomic E-state index is 3.33. The zero-order valence-corrected chi connectivity index (χ0v) is 7.85. The van der Waals surface area contributed by atoms with Gasteiger partial charge in [0.25, 0.3) is 0 Å². The summed E-state index contributed by atoms with van der Waals surface area (Å²) in [5.74, 6) is 0. The van der Waals surface area contributed by atoms with E-state index in [9.17, 15) is 0 Å². The second kappa shape index (κ2) is 4.36. The van der Waals surface area contributed by atoms with Crippen molar-refractivity contribution in [1.82, 2.24) is 3.13 Å². The van der Waals surface area contributed by atoms with Crippen molar-refractivity contribution in [2.45, 2.75) is 0 Å². The van der Waals surface area contributed by atoms with Gasteiger partial charge in [0.1, 0.15) is 0 Å². The molecule has 1 nitrogen and oxygen atoms in total. The van der Waals surface area contributed by atoms with Gasteiger partial charge in [0.05, 0.1) is 0 Å². The summed E-state index contributed by atoms with van der Waals surface area (Å²) in [5.41, 5.74) is 0. The first-order valence-corrected chi connectivity index (χ1v) is 11.3. The zero-order chi connectivity index (χ0) is 3.41. The summed E-state index contributed by atoms with van der Waals surface area (Å²) in [7, 11) is 1.97. The van der Waals surface area contributed by atoms with Crippen LogP contribution in [0.15, 0.2) is 0 Å². The van der Waals surface area contributed by atoms with Gasteiger partial charge in [-0.3, -0.25) is 0 Å². The molecule has 0 aromatic heterocycles. The molecule has 2 radical (unpaired) electrons. The molecule has 0 bridgehead atoms. The normalized spacial score (nSPS) is 7.50. The second-order valence-corrected chi connectivity index (χ2v) is 6.50. The molecule has 4 heavy (non-hydrogen) atoms. The van der Waals surface area contributed by atoms with Crippen LogP contribution in [-0.4, -0.2) is 29.2 Å². The molecule has 0 rings (SSSR count). The van der Waals surface area contributed by atoms with E-state index in [0.29, 0.717) is 0 Å². The van der Waals surface area contributed by atoms with Gasteiger partial charge in [0.2, 0.25) is 0 Å². The van der Waals surface area contributed by atoms with Gasteiger partial charge >= 0.3 is 44.3 Å². The van der Waals surface area contributed by atoms with E-state index >= 15 is 0 Å². The van der Waals surface area contributed by atoms with E-state index in [1.165, 1.54) is 0 Å². The third-order valence-corrected chi connectivity index (χ3v) is 4.31. The van der Waals surface area contributed by atoms with Crippen LogP contribution in [-0.2, 0) is 0 Å². The molecular weight excluding hydrogens is 313 g/mol. The summed E-state index contributed by atoms with van der Waals surface area (Å²) >= 11 is 2.96. The predicted octanol–water partition coefficient (Wildman–Crippen LogP) is 0.135. The van der Waals surface area contributed by atoms with Crippen molar-refractivity contribution in [3.05, 3.63) is 0 Å². The minimum absolute atomic E-state index is 0.371. The van der Waals surface area contributed by atoms with Crippen LogP contribution in [0.25, 0.3) is 0 Å². The van der Waals surface area contributed by atoms with Gasteiger partial charge in [-0.05, 0) is 0 Å². The Balaban J connectivity index is 1.97. The van der Waals surface area contributed by atoms with E-state index in [1.807, 2.05) is 7.05 Å². The molecule has 1 N–H and O–H groups in total. The molecule has 0 saturated carbocycles. The average Bonchev–Trinajstić information content (AvgIpc) is 1.37. The molecule has 0 saturated heterocycles. The first kappa shape index (κ1) is 5.36. The first-order valence-electron chi connectivity index (χ1n) is 0.939. The van der Waals surface area contributed by atoms with Crippen molar-refractivity contribution >= 4 is 34.1 Å².